The fraction of sp³-hybridized carbons (Fsp3) is 0.500. The number of hydrogen-bond donors (Lipinski definition) is 2. The molecule has 2 atom stereocenters. The number of nitrogens with two attached hydrogens (primary N) is 1. The Morgan fingerprint density at radius 1 is 1.43 bits per heavy atom. The summed E-state index contributed by atoms with van der Waals surface area (Å²) in [5, 5.41) is 2.46. The third-order valence-corrected chi connectivity index (χ3v) is 3.47. The van der Waals surface area contributed by atoms with Gasteiger partial charge in [0.05, 0.1) is 11.7 Å². The Hall–Kier alpha value is -1.60. The number of ether oxygens (including phenoxy) is 1. The van der Waals surface area contributed by atoms with Crippen molar-refractivity contribution in [3.8, 4) is 0 Å². The van der Waals surface area contributed by atoms with Crippen molar-refractivity contribution in [3.05, 3.63) is 29.3 Å². The van der Waals surface area contributed by atoms with Crippen LogP contribution in [-0.2, 0) is 15.7 Å². The average Bonchev–Trinajstić information content (AvgIpc) is 2.88. The van der Waals surface area contributed by atoms with Gasteiger partial charge in [-0.25, -0.2) is 0 Å². The lowest BCUT2D eigenvalue weighted by molar-refractivity contribution is -0.138. The topological polar surface area (TPSA) is 64.4 Å². The zero-order chi connectivity index (χ0) is 15.6. The highest BCUT2D eigenvalue weighted by molar-refractivity contribution is 5.94. The smallest absolute Gasteiger partial charge is 0.364 e. The highest BCUT2D eigenvalue weighted by Crippen LogP contribution is 2.33. The van der Waals surface area contributed by atoms with Crippen LogP contribution >= 0.6 is 0 Å². The molecule has 1 aromatic carbocycles. The molecule has 0 aromatic heterocycles. The number of carbonyl (C=O) groups is 1. The zero-order valence-electron chi connectivity index (χ0n) is 11.5. The van der Waals surface area contributed by atoms with E-state index in [2.05, 4.69) is 5.32 Å². The fourth-order valence-electron chi connectivity index (χ4n) is 2.30. The second-order valence-electron chi connectivity index (χ2n) is 5.08. The summed E-state index contributed by atoms with van der Waals surface area (Å²) in [4.78, 5) is 12.0. The summed E-state index contributed by atoms with van der Waals surface area (Å²) in [6, 6.07) is 3.71. The molecule has 0 bridgehead atoms. The van der Waals surface area contributed by atoms with Crippen LogP contribution in [0, 0.1) is 6.92 Å². The van der Waals surface area contributed by atoms with Gasteiger partial charge in [-0.3, -0.25) is 4.79 Å². The maximum atomic E-state index is 12.8. The van der Waals surface area contributed by atoms with Crippen LogP contribution in [-0.4, -0.2) is 24.7 Å². The van der Waals surface area contributed by atoms with Gasteiger partial charge in [-0.05, 0) is 37.5 Å². The third-order valence-electron chi connectivity index (χ3n) is 3.47. The summed E-state index contributed by atoms with van der Waals surface area (Å²) in [6.45, 7) is 1.70. The van der Waals surface area contributed by atoms with Gasteiger partial charge in [0.2, 0.25) is 0 Å². The second kappa shape index (κ2) is 6.03. The van der Waals surface area contributed by atoms with E-state index in [0.717, 1.165) is 6.07 Å². The normalized spacial score (nSPS) is 22.3. The number of alkyl halides is 3. The minimum Gasteiger partial charge on any atom is -0.364 e. The van der Waals surface area contributed by atoms with Crippen molar-refractivity contribution in [1.29, 1.82) is 0 Å². The highest BCUT2D eigenvalue weighted by atomic mass is 19.4. The number of anilines is 1. The number of benzene rings is 1. The van der Waals surface area contributed by atoms with Crippen LogP contribution in [0.1, 0.15) is 24.0 Å². The van der Waals surface area contributed by atoms with Gasteiger partial charge in [-0.15, -0.1) is 0 Å². The Kier molecular flexibility index (Phi) is 4.53. The van der Waals surface area contributed by atoms with Crippen molar-refractivity contribution in [2.45, 2.75) is 38.1 Å². The van der Waals surface area contributed by atoms with E-state index in [1.165, 1.54) is 19.1 Å². The van der Waals surface area contributed by atoms with Crippen molar-refractivity contribution >= 4 is 11.6 Å². The average molecular weight is 302 g/mol. The van der Waals surface area contributed by atoms with Gasteiger partial charge in [-0.1, -0.05) is 6.07 Å². The predicted octanol–water partition coefficient (Wildman–Crippen LogP) is 2.46. The number of hydrogen-bond acceptors (Lipinski definition) is 3. The van der Waals surface area contributed by atoms with Crippen LogP contribution in [0.5, 0.6) is 0 Å². The summed E-state index contributed by atoms with van der Waals surface area (Å²) >= 11 is 0. The van der Waals surface area contributed by atoms with E-state index >= 15 is 0 Å². The molecular weight excluding hydrogens is 285 g/mol. The molecule has 21 heavy (non-hydrogen) atoms. The van der Waals surface area contributed by atoms with E-state index in [0.29, 0.717) is 19.4 Å². The molecular formula is C14H17F3N2O2. The van der Waals surface area contributed by atoms with E-state index in [-0.39, 0.29) is 17.4 Å². The van der Waals surface area contributed by atoms with Gasteiger partial charge in [0.15, 0.2) is 0 Å². The lowest BCUT2D eigenvalue weighted by Gasteiger charge is -2.15. The Balaban J connectivity index is 2.08. The van der Waals surface area contributed by atoms with Crippen LogP contribution in [0.3, 0.4) is 0 Å². The lowest BCUT2D eigenvalue weighted by Crippen LogP contribution is -2.29. The zero-order valence-corrected chi connectivity index (χ0v) is 11.5. The van der Waals surface area contributed by atoms with E-state index in [9.17, 15) is 18.0 Å². The fourth-order valence-corrected chi connectivity index (χ4v) is 2.30. The first-order valence-electron chi connectivity index (χ1n) is 6.65. The molecule has 1 fully saturated rings. The van der Waals surface area contributed by atoms with E-state index < -0.39 is 23.8 Å². The van der Waals surface area contributed by atoms with Crippen molar-refractivity contribution < 1.29 is 22.7 Å². The minimum atomic E-state index is -4.45. The van der Waals surface area contributed by atoms with Gasteiger partial charge in [0.1, 0.15) is 6.10 Å². The van der Waals surface area contributed by atoms with Crippen LogP contribution in [0.4, 0.5) is 18.9 Å². The van der Waals surface area contributed by atoms with E-state index in [4.69, 9.17) is 10.5 Å². The molecule has 0 radical (unpaired) electrons. The van der Waals surface area contributed by atoms with Crippen molar-refractivity contribution in [3.63, 3.8) is 0 Å². The van der Waals surface area contributed by atoms with Crippen molar-refractivity contribution in [2.75, 3.05) is 11.9 Å². The summed E-state index contributed by atoms with van der Waals surface area (Å²) in [6.07, 6.45) is -4.07. The first-order valence-corrected chi connectivity index (χ1v) is 6.65. The number of aryl methyl sites for hydroxylation is 1. The molecule has 7 heteroatoms. The lowest BCUT2D eigenvalue weighted by atomic mass is 10.1. The Bertz CT molecular complexity index is 531. The Morgan fingerprint density at radius 3 is 2.71 bits per heavy atom. The SMILES string of the molecule is Cc1ccc(NC(=O)[C@@H]2CC[C@H](CN)O2)cc1C(F)(F)F. The van der Waals surface area contributed by atoms with Crippen LogP contribution in [0.25, 0.3) is 0 Å². The molecule has 0 saturated carbocycles. The summed E-state index contributed by atoms with van der Waals surface area (Å²) in [7, 11) is 0. The molecule has 1 aliphatic heterocycles. The van der Waals surface area contributed by atoms with Gasteiger partial charge in [0.25, 0.3) is 5.91 Å². The molecule has 1 amide bonds. The summed E-state index contributed by atoms with van der Waals surface area (Å²) < 4.78 is 43.8. The molecule has 3 N–H and O–H groups in total. The Morgan fingerprint density at radius 2 is 2.14 bits per heavy atom. The number of carbonyl (C=O) groups excluding carboxylic acids is 1. The summed E-state index contributed by atoms with van der Waals surface area (Å²) in [5.41, 5.74) is 4.92. The number of nitrogens with one attached hydrogen (secondary N) is 1. The monoisotopic (exact) mass is 302 g/mol. The molecule has 116 valence electrons. The van der Waals surface area contributed by atoms with E-state index in [1.54, 1.807) is 0 Å². The number of amides is 1. The highest BCUT2D eigenvalue weighted by Gasteiger charge is 2.33. The Labute approximate surface area is 120 Å². The largest absolute Gasteiger partial charge is 0.416 e. The second-order valence-corrected chi connectivity index (χ2v) is 5.08. The third kappa shape index (κ3) is 3.74. The molecule has 0 spiro atoms. The van der Waals surface area contributed by atoms with Gasteiger partial charge < -0.3 is 15.8 Å². The summed E-state index contributed by atoms with van der Waals surface area (Å²) in [5.74, 6) is -0.442. The van der Waals surface area contributed by atoms with Crippen molar-refractivity contribution in [1.82, 2.24) is 0 Å². The van der Waals surface area contributed by atoms with Crippen LogP contribution in [0.15, 0.2) is 18.2 Å². The molecule has 1 heterocycles. The van der Waals surface area contributed by atoms with Crippen LogP contribution < -0.4 is 11.1 Å². The van der Waals surface area contributed by atoms with Gasteiger partial charge in [0, 0.05) is 12.2 Å². The number of rotatable bonds is 3. The first-order chi connectivity index (χ1) is 9.81. The van der Waals surface area contributed by atoms with Gasteiger partial charge >= 0.3 is 6.18 Å². The van der Waals surface area contributed by atoms with Crippen LogP contribution in [0.2, 0.25) is 0 Å². The molecule has 1 aliphatic rings. The standard InChI is InChI=1S/C14H17F3N2O2/c1-8-2-3-9(6-11(8)14(15,16)17)19-13(20)12-5-4-10(7-18)21-12/h2-3,6,10,12H,4-5,7,18H2,1H3,(H,19,20)/t10-,12+/m1/s1. The van der Waals surface area contributed by atoms with E-state index in [1.807, 2.05) is 0 Å². The van der Waals surface area contributed by atoms with Crippen molar-refractivity contribution in [2.24, 2.45) is 5.73 Å². The maximum absolute atomic E-state index is 12.8. The number of halogens is 3. The minimum absolute atomic E-state index is 0.109. The first kappa shape index (κ1) is 15.8. The maximum Gasteiger partial charge on any atom is 0.416 e. The molecule has 1 saturated heterocycles. The molecule has 2 rings (SSSR count). The van der Waals surface area contributed by atoms with Gasteiger partial charge in [-0.2, -0.15) is 13.2 Å². The molecule has 1 aromatic rings. The quantitative estimate of drug-likeness (QED) is 0.901. The molecule has 0 unspecified atom stereocenters. The molecule has 0 aliphatic carbocycles. The predicted molar refractivity (Wildman–Crippen MR) is 71.8 cm³/mol. The molecule has 4 nitrogen and oxygen atoms in total.